The maximum Gasteiger partial charge on any atom is 0.0541 e. The molecule has 0 aliphatic carbocycles. The summed E-state index contributed by atoms with van der Waals surface area (Å²) in [5, 5.41) is 9.93. The highest BCUT2D eigenvalue weighted by Crippen LogP contribution is 2.45. The van der Waals surface area contributed by atoms with Gasteiger partial charge in [-0.15, -0.1) is 0 Å². The van der Waals surface area contributed by atoms with Crippen molar-refractivity contribution in [2.45, 2.75) is 0 Å². The van der Waals surface area contributed by atoms with Crippen molar-refractivity contribution in [3.8, 4) is 134 Å². The third-order valence-electron chi connectivity index (χ3n) is 25.0. The van der Waals surface area contributed by atoms with E-state index in [4.69, 9.17) is 0 Å². The Morgan fingerprint density at radius 2 is 0.258 bits per heavy atom. The number of aromatic nitrogens is 4. The van der Waals surface area contributed by atoms with Crippen molar-refractivity contribution in [1.82, 2.24) is 18.3 Å². The van der Waals surface area contributed by atoms with E-state index in [9.17, 15) is 0 Å². The van der Waals surface area contributed by atoms with E-state index in [0.29, 0.717) is 0 Å². The third kappa shape index (κ3) is 13.2. The topological polar surface area (TPSA) is 19.7 Å². The zero-order valence-corrected chi connectivity index (χ0v) is 68.0. The summed E-state index contributed by atoms with van der Waals surface area (Å²) in [4.78, 5) is 0. The van der Waals surface area contributed by atoms with Crippen molar-refractivity contribution in [2.24, 2.45) is 0 Å². The number of fused-ring (bicyclic) bond motifs is 12. The first kappa shape index (κ1) is 72.8. The lowest BCUT2D eigenvalue weighted by Crippen LogP contribution is -1.96. The summed E-state index contributed by atoms with van der Waals surface area (Å²) in [6.07, 6.45) is 0. The van der Waals surface area contributed by atoms with E-state index in [1.165, 1.54) is 198 Å². The van der Waals surface area contributed by atoms with Gasteiger partial charge in [-0.05, 0) is 257 Å². The van der Waals surface area contributed by atoms with Crippen molar-refractivity contribution in [1.29, 1.82) is 0 Å². The highest BCUT2D eigenvalue weighted by Gasteiger charge is 2.22. The summed E-state index contributed by atoms with van der Waals surface area (Å²) < 4.78 is 9.68. The van der Waals surface area contributed by atoms with Crippen LogP contribution in [0.15, 0.2) is 485 Å². The minimum Gasteiger partial charge on any atom is -0.309 e. The first-order valence-corrected chi connectivity index (χ1v) is 42.7. The number of hydrogen-bond acceptors (Lipinski definition) is 0. The summed E-state index contributed by atoms with van der Waals surface area (Å²) in [6, 6.07) is 177. The van der Waals surface area contributed by atoms with Crippen molar-refractivity contribution in [3.05, 3.63) is 485 Å². The Kier molecular flexibility index (Phi) is 18.2. The molecule has 0 aliphatic rings. The second kappa shape index (κ2) is 31.1. The van der Waals surface area contributed by atoms with E-state index in [-0.39, 0.29) is 0 Å². The molecule has 4 heterocycles. The molecule has 24 aromatic rings. The van der Waals surface area contributed by atoms with Gasteiger partial charge in [-0.1, -0.05) is 340 Å². The first-order chi connectivity index (χ1) is 61.5. The Balaban J connectivity index is 0.000000143. The van der Waals surface area contributed by atoms with Crippen molar-refractivity contribution in [3.63, 3.8) is 0 Å². The molecule has 0 radical (unpaired) electrons. The molecular formula is C120H80N4. The minimum absolute atomic E-state index is 1.15. The smallest absolute Gasteiger partial charge is 0.0541 e. The average Bonchev–Trinajstić information content (AvgIpc) is 2.11. The van der Waals surface area contributed by atoms with E-state index >= 15 is 0 Å². The average molecular weight is 1580 g/mol. The first-order valence-electron chi connectivity index (χ1n) is 42.7. The molecule has 4 heteroatoms. The van der Waals surface area contributed by atoms with Gasteiger partial charge < -0.3 is 18.3 Å². The van der Waals surface area contributed by atoms with E-state index in [0.717, 1.165) is 22.7 Å². The van der Waals surface area contributed by atoms with E-state index < -0.39 is 0 Å². The molecule has 124 heavy (non-hydrogen) atoms. The molecular weight excluding hydrogens is 1500 g/mol. The van der Waals surface area contributed by atoms with Crippen LogP contribution in [0.4, 0.5) is 0 Å². The summed E-state index contributed by atoms with van der Waals surface area (Å²) in [5.41, 5.74) is 38.2. The number of para-hydroxylation sites is 3. The van der Waals surface area contributed by atoms with Gasteiger partial charge >= 0.3 is 0 Å². The molecule has 580 valence electrons. The molecule has 20 aromatic carbocycles. The molecule has 0 amide bonds. The van der Waals surface area contributed by atoms with E-state index in [1.54, 1.807) is 0 Å². The maximum atomic E-state index is 2.44. The Morgan fingerprint density at radius 3 is 0.532 bits per heavy atom. The van der Waals surface area contributed by atoms with E-state index in [1.807, 2.05) is 0 Å². The molecule has 0 N–H and O–H groups in total. The van der Waals surface area contributed by atoms with Gasteiger partial charge in [0.1, 0.15) is 0 Å². The van der Waals surface area contributed by atoms with Crippen LogP contribution in [0.1, 0.15) is 0 Å². The summed E-state index contributed by atoms with van der Waals surface area (Å²) in [5.74, 6) is 0. The van der Waals surface area contributed by atoms with Crippen molar-refractivity contribution >= 4 is 87.2 Å². The van der Waals surface area contributed by atoms with Crippen molar-refractivity contribution < 1.29 is 0 Å². The van der Waals surface area contributed by atoms with Crippen LogP contribution in [0, 0.1) is 0 Å². The lowest BCUT2D eigenvalue weighted by molar-refractivity contribution is 1.18. The van der Waals surface area contributed by atoms with Gasteiger partial charge in [-0.25, -0.2) is 0 Å². The normalized spacial score (nSPS) is 11.5. The Morgan fingerprint density at radius 1 is 0.0887 bits per heavy atom. The van der Waals surface area contributed by atoms with Crippen LogP contribution in [0.2, 0.25) is 0 Å². The number of hydrogen-bond donors (Lipinski definition) is 0. The molecule has 0 aliphatic heterocycles. The Hall–Kier alpha value is -16.4. The second-order valence-corrected chi connectivity index (χ2v) is 32.3. The van der Waals surface area contributed by atoms with Crippen LogP contribution < -0.4 is 0 Å². The molecule has 4 aromatic heterocycles. The molecule has 0 spiro atoms. The molecule has 0 unspecified atom stereocenters. The van der Waals surface area contributed by atoms with Gasteiger partial charge in [0, 0.05) is 65.8 Å². The molecule has 24 rings (SSSR count). The fourth-order valence-corrected chi connectivity index (χ4v) is 19.0. The predicted octanol–water partition coefficient (Wildman–Crippen LogP) is 32.4. The van der Waals surface area contributed by atoms with Crippen LogP contribution in [0.3, 0.4) is 0 Å². The molecule has 4 nitrogen and oxygen atoms in total. The summed E-state index contributed by atoms with van der Waals surface area (Å²) in [6.45, 7) is 0. The maximum absolute atomic E-state index is 2.44. The van der Waals surface area contributed by atoms with Crippen LogP contribution in [0.5, 0.6) is 0 Å². The van der Waals surface area contributed by atoms with Gasteiger partial charge in [-0.2, -0.15) is 0 Å². The van der Waals surface area contributed by atoms with Crippen LogP contribution in [-0.4, -0.2) is 18.3 Å². The van der Waals surface area contributed by atoms with Gasteiger partial charge in [-0.3, -0.25) is 0 Å². The van der Waals surface area contributed by atoms with E-state index in [2.05, 4.69) is 504 Å². The number of rotatable bonds is 14. The highest BCUT2D eigenvalue weighted by molar-refractivity contribution is 6.15. The highest BCUT2D eigenvalue weighted by atomic mass is 15.0. The second-order valence-electron chi connectivity index (χ2n) is 32.3. The van der Waals surface area contributed by atoms with Crippen LogP contribution in [-0.2, 0) is 0 Å². The number of benzene rings is 20. The van der Waals surface area contributed by atoms with Crippen LogP contribution in [0.25, 0.3) is 221 Å². The lowest BCUT2D eigenvalue weighted by atomic mass is 9.96. The summed E-state index contributed by atoms with van der Waals surface area (Å²) >= 11 is 0. The third-order valence-corrected chi connectivity index (χ3v) is 25.0. The molecule has 0 bridgehead atoms. The van der Waals surface area contributed by atoms with Gasteiger partial charge in [0.15, 0.2) is 0 Å². The molecule has 0 saturated heterocycles. The monoisotopic (exact) mass is 1580 g/mol. The largest absolute Gasteiger partial charge is 0.309 e. The van der Waals surface area contributed by atoms with Gasteiger partial charge in [0.05, 0.1) is 44.1 Å². The quantitative estimate of drug-likeness (QED) is 0.103. The zero-order valence-electron chi connectivity index (χ0n) is 68.0. The number of nitrogens with zero attached hydrogens (tertiary/aromatic N) is 4. The lowest BCUT2D eigenvalue weighted by Gasteiger charge is -2.14. The zero-order chi connectivity index (χ0) is 82.0. The van der Waals surface area contributed by atoms with Crippen molar-refractivity contribution in [2.75, 3.05) is 0 Å². The minimum atomic E-state index is 1.15. The fraction of sp³-hybridized carbons (Fsp3) is 0. The standard InChI is InChI=1S/2C60H40N2/c1-4-16-41(17-5-1)46-24-15-25-51(36-46)61-57-28-12-10-26-53(57)55-39-47(30-32-59(55)61)44-22-14-23-45(34-44)48-31-33-60-56(40-48)54-27-11-13-29-58(54)62(60)52-37-49(42-18-6-2-7-19-42)35-50(38-52)43-20-8-3-9-21-43;1-4-15-41(16-5-1)46-23-13-25-51(36-46)61-57-28-11-10-27-53(57)54-39-49(30-33-58(54)61)44-21-12-22-45(35-44)50-31-34-60-56(40-50)55-38-48(43-19-8-3-9-20-43)29-32-59(55)62(60)52-26-14-24-47(37-52)42-17-6-2-7-18-42/h2*1-40H. The molecule has 0 atom stereocenters. The van der Waals surface area contributed by atoms with Crippen LogP contribution >= 0.6 is 0 Å². The predicted molar refractivity (Wildman–Crippen MR) is 525 cm³/mol. The Labute approximate surface area is 719 Å². The molecule has 0 fully saturated rings. The fourth-order valence-electron chi connectivity index (χ4n) is 19.0. The Bertz CT molecular complexity index is 8140. The molecule has 0 saturated carbocycles. The summed E-state index contributed by atoms with van der Waals surface area (Å²) in [7, 11) is 0. The SMILES string of the molecule is c1ccc(-c2cccc(-n3c4ccccc4c4cc(-c5cccc(-c6ccc7c(c6)c6cc(-c8ccccc8)ccc6n7-c6cccc(-c7ccccc7)c6)c5)ccc43)c2)cc1.c1ccc(-c2cccc(-n3c4ccccc4c4cc(-c5cccc(-c6ccc7c(c6)c6ccccc6n7-c6cc(-c7ccccc7)cc(-c7ccccc7)c6)c5)ccc43)c2)cc1. The van der Waals surface area contributed by atoms with Gasteiger partial charge in [0.2, 0.25) is 0 Å². The van der Waals surface area contributed by atoms with Gasteiger partial charge in [0.25, 0.3) is 0 Å².